The largest absolute Gasteiger partial charge is 0.366 e. The highest BCUT2D eigenvalue weighted by Gasteiger charge is 2.23. The first kappa shape index (κ1) is 16.8. The molecule has 5 N–H and O–H groups in total. The van der Waals surface area contributed by atoms with Crippen molar-refractivity contribution in [1.29, 1.82) is 0 Å². The minimum atomic E-state index is -3.99. The predicted octanol–water partition coefficient (Wildman–Crippen LogP) is 0.125. The number of halogens is 2. The van der Waals surface area contributed by atoms with E-state index in [1.807, 2.05) is 4.72 Å². The highest BCUT2D eigenvalue weighted by atomic mass is 32.2. The van der Waals surface area contributed by atoms with Gasteiger partial charge in [0.15, 0.2) is 5.82 Å². The Kier molecular flexibility index (Phi) is 5.19. The average Bonchev–Trinajstić information content (AvgIpc) is 2.37. The summed E-state index contributed by atoms with van der Waals surface area (Å²) >= 11 is 0. The molecule has 0 aliphatic carbocycles. The number of carbonyl (C=O) groups is 2. The molecule has 0 fully saturated rings. The van der Waals surface area contributed by atoms with E-state index >= 15 is 0 Å². The first-order valence-electron chi connectivity index (χ1n) is 5.68. The average molecular weight is 321 g/mol. The van der Waals surface area contributed by atoms with Gasteiger partial charge in [-0.2, -0.15) is 0 Å². The number of benzene rings is 1. The molecule has 0 aromatic heterocycles. The molecule has 0 heterocycles. The summed E-state index contributed by atoms with van der Waals surface area (Å²) in [7, 11) is -3.99. The van der Waals surface area contributed by atoms with Crippen LogP contribution in [0.1, 0.15) is 27.1 Å². The van der Waals surface area contributed by atoms with Crippen LogP contribution >= 0.6 is 0 Å². The van der Waals surface area contributed by atoms with Crippen LogP contribution in [-0.4, -0.2) is 32.7 Å². The smallest absolute Gasteiger partial charge is 0.252 e. The molecule has 0 atom stereocenters. The number of primary amides is 2. The molecule has 0 aliphatic rings. The van der Waals surface area contributed by atoms with Crippen molar-refractivity contribution < 1.29 is 26.8 Å². The van der Waals surface area contributed by atoms with Gasteiger partial charge < -0.3 is 11.5 Å². The molecule has 116 valence electrons. The minimum absolute atomic E-state index is 0.265. The molecular weight excluding hydrogens is 308 g/mol. The molecule has 0 unspecified atom stereocenters. The maximum absolute atomic E-state index is 14.1. The molecule has 1 aromatic carbocycles. The van der Waals surface area contributed by atoms with Crippen molar-refractivity contribution in [3.05, 3.63) is 29.1 Å². The molecule has 0 aliphatic heterocycles. The van der Waals surface area contributed by atoms with Crippen molar-refractivity contribution in [3.8, 4) is 0 Å². The molecule has 0 saturated heterocycles. The molecule has 0 saturated carbocycles. The third kappa shape index (κ3) is 4.12. The fourth-order valence-corrected chi connectivity index (χ4v) is 2.65. The number of amides is 2. The van der Waals surface area contributed by atoms with Gasteiger partial charge in [-0.3, -0.25) is 18.7 Å². The van der Waals surface area contributed by atoms with Crippen molar-refractivity contribution in [3.63, 3.8) is 0 Å². The molecule has 0 bridgehead atoms. The van der Waals surface area contributed by atoms with Gasteiger partial charge in [-0.1, -0.05) is 0 Å². The van der Waals surface area contributed by atoms with Gasteiger partial charge in [0, 0.05) is 0 Å². The van der Waals surface area contributed by atoms with Crippen LogP contribution in [0.2, 0.25) is 0 Å². The van der Waals surface area contributed by atoms with Crippen LogP contribution in [0, 0.1) is 5.82 Å². The number of hydrogen-bond acceptors (Lipinski definition) is 4. The Morgan fingerprint density at radius 3 is 2.29 bits per heavy atom. The molecule has 2 amide bonds. The molecule has 10 heteroatoms. The van der Waals surface area contributed by atoms with Gasteiger partial charge in [0.05, 0.1) is 29.2 Å². The third-order valence-corrected chi connectivity index (χ3v) is 3.82. The van der Waals surface area contributed by atoms with E-state index in [1.54, 1.807) is 0 Å². The van der Waals surface area contributed by atoms with Crippen LogP contribution in [0.4, 0.5) is 14.5 Å². The summed E-state index contributed by atoms with van der Waals surface area (Å²) in [6.45, 7) is -0.851. The standard InChI is InChI=1S/C11H13F2N3O4S/c12-4-1-5-21(19,20)16-7-3-2-6(10(14)17)8(9(7)13)11(15)18/h2-3,16H,1,4-5H2,(H2,14,17)(H2,15,18). The van der Waals surface area contributed by atoms with E-state index in [4.69, 9.17) is 11.5 Å². The van der Waals surface area contributed by atoms with E-state index in [0.29, 0.717) is 0 Å². The second kappa shape index (κ2) is 6.48. The Morgan fingerprint density at radius 2 is 1.81 bits per heavy atom. The quantitative estimate of drug-likeness (QED) is 0.658. The van der Waals surface area contributed by atoms with E-state index in [9.17, 15) is 26.8 Å². The van der Waals surface area contributed by atoms with Crippen molar-refractivity contribution in [2.24, 2.45) is 11.5 Å². The lowest BCUT2D eigenvalue weighted by Crippen LogP contribution is -2.24. The summed E-state index contributed by atoms with van der Waals surface area (Å²) in [5, 5.41) is 0. The lowest BCUT2D eigenvalue weighted by Gasteiger charge is -2.12. The summed E-state index contributed by atoms with van der Waals surface area (Å²) in [6.07, 6.45) is -0.265. The molecule has 1 rings (SSSR count). The van der Waals surface area contributed by atoms with E-state index in [1.165, 1.54) is 0 Å². The summed E-state index contributed by atoms with van der Waals surface area (Å²) in [5.74, 6) is -4.24. The first-order chi connectivity index (χ1) is 9.69. The number of carbonyl (C=O) groups excluding carboxylic acids is 2. The SMILES string of the molecule is NC(=O)c1ccc(NS(=O)(=O)CCCF)c(F)c1C(N)=O. The normalized spacial score (nSPS) is 11.1. The van der Waals surface area contributed by atoms with Gasteiger partial charge in [-0.25, -0.2) is 12.8 Å². The van der Waals surface area contributed by atoms with Crippen LogP contribution in [0.15, 0.2) is 12.1 Å². The van der Waals surface area contributed by atoms with Crippen LogP contribution < -0.4 is 16.2 Å². The van der Waals surface area contributed by atoms with Crippen molar-refractivity contribution in [2.75, 3.05) is 17.1 Å². The van der Waals surface area contributed by atoms with Crippen LogP contribution in [0.3, 0.4) is 0 Å². The fourth-order valence-electron chi connectivity index (χ4n) is 1.56. The number of anilines is 1. The molecule has 1 aromatic rings. The van der Waals surface area contributed by atoms with Gasteiger partial charge in [0.25, 0.3) is 5.91 Å². The van der Waals surface area contributed by atoms with E-state index in [2.05, 4.69) is 0 Å². The highest BCUT2D eigenvalue weighted by Crippen LogP contribution is 2.23. The maximum atomic E-state index is 14.1. The Morgan fingerprint density at radius 1 is 1.19 bits per heavy atom. The number of sulfonamides is 1. The maximum Gasteiger partial charge on any atom is 0.252 e. The monoisotopic (exact) mass is 321 g/mol. The number of nitrogens with two attached hydrogens (primary N) is 2. The lowest BCUT2D eigenvalue weighted by molar-refractivity contribution is 0.0964. The zero-order chi connectivity index (χ0) is 16.2. The number of hydrogen-bond donors (Lipinski definition) is 3. The second-order valence-electron chi connectivity index (χ2n) is 4.04. The topological polar surface area (TPSA) is 132 Å². The lowest BCUT2D eigenvalue weighted by atomic mass is 10.0. The van der Waals surface area contributed by atoms with Gasteiger partial charge in [0.2, 0.25) is 15.9 Å². The van der Waals surface area contributed by atoms with Crippen LogP contribution in [0.25, 0.3) is 0 Å². The van der Waals surface area contributed by atoms with Crippen LogP contribution in [-0.2, 0) is 10.0 Å². The molecule has 7 nitrogen and oxygen atoms in total. The van der Waals surface area contributed by atoms with E-state index in [-0.39, 0.29) is 6.42 Å². The van der Waals surface area contributed by atoms with Crippen molar-refractivity contribution in [1.82, 2.24) is 0 Å². The van der Waals surface area contributed by atoms with Crippen molar-refractivity contribution in [2.45, 2.75) is 6.42 Å². The Labute approximate surface area is 119 Å². The Bertz CT molecular complexity index is 676. The summed E-state index contributed by atoms with van der Waals surface area (Å²) < 4.78 is 51.0. The fraction of sp³-hybridized carbons (Fsp3) is 0.273. The van der Waals surface area contributed by atoms with Crippen LogP contribution in [0.5, 0.6) is 0 Å². The van der Waals surface area contributed by atoms with Gasteiger partial charge in [-0.05, 0) is 18.6 Å². The minimum Gasteiger partial charge on any atom is -0.366 e. The Hall–Kier alpha value is -2.23. The number of alkyl halides is 1. The summed E-state index contributed by atoms with van der Waals surface area (Å²) in [5.41, 5.74) is 8.07. The van der Waals surface area contributed by atoms with Crippen molar-refractivity contribution >= 4 is 27.5 Å². The van der Waals surface area contributed by atoms with Gasteiger partial charge in [-0.15, -0.1) is 0 Å². The number of nitrogens with one attached hydrogen (secondary N) is 1. The Balaban J connectivity index is 3.26. The summed E-state index contributed by atoms with van der Waals surface area (Å²) in [4.78, 5) is 22.3. The molecule has 0 radical (unpaired) electrons. The van der Waals surface area contributed by atoms with Gasteiger partial charge >= 0.3 is 0 Å². The predicted molar refractivity (Wildman–Crippen MR) is 71.4 cm³/mol. The molecule has 0 spiro atoms. The zero-order valence-corrected chi connectivity index (χ0v) is 11.5. The third-order valence-electron chi connectivity index (χ3n) is 2.47. The second-order valence-corrected chi connectivity index (χ2v) is 5.88. The van der Waals surface area contributed by atoms with E-state index < -0.39 is 56.9 Å². The molecule has 21 heavy (non-hydrogen) atoms. The zero-order valence-electron chi connectivity index (χ0n) is 10.7. The molecular formula is C11H13F2N3O4S. The summed E-state index contributed by atoms with van der Waals surface area (Å²) in [6, 6.07) is 1.90. The number of rotatable bonds is 7. The first-order valence-corrected chi connectivity index (χ1v) is 7.33. The van der Waals surface area contributed by atoms with E-state index in [0.717, 1.165) is 12.1 Å². The highest BCUT2D eigenvalue weighted by molar-refractivity contribution is 7.92. The van der Waals surface area contributed by atoms with Gasteiger partial charge in [0.1, 0.15) is 0 Å².